The zero-order valence-corrected chi connectivity index (χ0v) is 11.2. The normalized spacial score (nSPS) is 18.9. The lowest BCUT2D eigenvalue weighted by atomic mass is 10.2. The summed E-state index contributed by atoms with van der Waals surface area (Å²) in [5.74, 6) is 1.22. The molecule has 0 spiro atoms. The van der Waals surface area contributed by atoms with Crippen molar-refractivity contribution in [2.75, 3.05) is 11.4 Å². The third-order valence-corrected chi connectivity index (χ3v) is 3.75. The number of pyridine rings is 1. The molecule has 1 heterocycles. The number of aromatic nitrogens is 1. The van der Waals surface area contributed by atoms with Crippen molar-refractivity contribution in [3.63, 3.8) is 0 Å². The SMILES string of the molecule is CCCN(c1ncccc1CNC1CC1)C1CC1. The Hall–Kier alpha value is -1.09. The van der Waals surface area contributed by atoms with Gasteiger partial charge in [0, 0.05) is 36.9 Å². The molecule has 2 aliphatic carbocycles. The standard InChI is InChI=1S/C15H23N3/c1-2-10-18(14-7-8-14)15-12(4-3-9-16-15)11-17-13-5-6-13/h3-4,9,13-14,17H,2,5-8,10-11H2,1H3. The first-order valence-electron chi connectivity index (χ1n) is 7.32. The van der Waals surface area contributed by atoms with Gasteiger partial charge in [0.2, 0.25) is 0 Å². The van der Waals surface area contributed by atoms with Crippen molar-refractivity contribution >= 4 is 5.82 Å². The lowest BCUT2D eigenvalue weighted by Gasteiger charge is -2.25. The second-order valence-electron chi connectivity index (χ2n) is 5.57. The van der Waals surface area contributed by atoms with Crippen molar-refractivity contribution in [1.82, 2.24) is 10.3 Å². The van der Waals surface area contributed by atoms with Crippen LogP contribution in [-0.2, 0) is 6.54 Å². The van der Waals surface area contributed by atoms with Crippen LogP contribution in [0.5, 0.6) is 0 Å². The number of rotatable bonds is 7. The highest BCUT2D eigenvalue weighted by atomic mass is 15.2. The molecule has 1 N–H and O–H groups in total. The average Bonchev–Trinajstić information content (AvgIpc) is 3.28. The van der Waals surface area contributed by atoms with Gasteiger partial charge < -0.3 is 10.2 Å². The van der Waals surface area contributed by atoms with Gasteiger partial charge in [-0.3, -0.25) is 0 Å². The molecular weight excluding hydrogens is 222 g/mol. The third kappa shape index (κ3) is 2.83. The van der Waals surface area contributed by atoms with E-state index in [0.717, 1.165) is 25.2 Å². The number of nitrogens with one attached hydrogen (secondary N) is 1. The molecule has 2 saturated carbocycles. The molecule has 1 aromatic rings. The summed E-state index contributed by atoms with van der Waals surface area (Å²) >= 11 is 0. The average molecular weight is 245 g/mol. The summed E-state index contributed by atoms with van der Waals surface area (Å²) < 4.78 is 0. The van der Waals surface area contributed by atoms with E-state index in [-0.39, 0.29) is 0 Å². The quantitative estimate of drug-likeness (QED) is 0.800. The molecule has 0 amide bonds. The molecule has 0 bridgehead atoms. The summed E-state index contributed by atoms with van der Waals surface area (Å²) in [7, 11) is 0. The first kappa shape index (κ1) is 12.0. The predicted octanol–water partition coefficient (Wildman–Crippen LogP) is 2.71. The van der Waals surface area contributed by atoms with Crippen LogP contribution in [0, 0.1) is 0 Å². The fourth-order valence-electron chi connectivity index (χ4n) is 2.46. The van der Waals surface area contributed by atoms with Crippen molar-refractivity contribution in [3.05, 3.63) is 23.9 Å². The Labute approximate surface area is 110 Å². The van der Waals surface area contributed by atoms with E-state index in [1.807, 2.05) is 6.20 Å². The maximum Gasteiger partial charge on any atom is 0.133 e. The summed E-state index contributed by atoms with van der Waals surface area (Å²) in [6.07, 6.45) is 8.50. The number of hydrogen-bond acceptors (Lipinski definition) is 3. The van der Waals surface area contributed by atoms with Crippen LogP contribution >= 0.6 is 0 Å². The summed E-state index contributed by atoms with van der Waals surface area (Å²) in [5.41, 5.74) is 1.37. The molecule has 0 saturated heterocycles. The molecule has 18 heavy (non-hydrogen) atoms. The van der Waals surface area contributed by atoms with Gasteiger partial charge in [-0.2, -0.15) is 0 Å². The van der Waals surface area contributed by atoms with Crippen molar-refractivity contribution in [1.29, 1.82) is 0 Å². The molecular formula is C15H23N3. The van der Waals surface area contributed by atoms with Crippen LogP contribution in [0.1, 0.15) is 44.6 Å². The molecule has 3 heteroatoms. The van der Waals surface area contributed by atoms with Crippen molar-refractivity contribution in [3.8, 4) is 0 Å². The molecule has 0 unspecified atom stereocenters. The molecule has 1 aromatic heterocycles. The first-order chi connectivity index (χ1) is 8.88. The summed E-state index contributed by atoms with van der Waals surface area (Å²) in [4.78, 5) is 7.16. The second kappa shape index (κ2) is 5.27. The molecule has 0 aromatic carbocycles. The summed E-state index contributed by atoms with van der Waals surface area (Å²) in [5, 5.41) is 3.60. The van der Waals surface area contributed by atoms with Crippen LogP contribution in [-0.4, -0.2) is 23.6 Å². The van der Waals surface area contributed by atoms with Gasteiger partial charge in [-0.25, -0.2) is 4.98 Å². The van der Waals surface area contributed by atoms with E-state index in [1.54, 1.807) is 0 Å². The van der Waals surface area contributed by atoms with Crippen molar-refractivity contribution < 1.29 is 0 Å². The lowest BCUT2D eigenvalue weighted by molar-refractivity contribution is 0.675. The fourth-order valence-corrected chi connectivity index (χ4v) is 2.46. The Balaban J connectivity index is 1.74. The molecule has 2 fully saturated rings. The van der Waals surface area contributed by atoms with Crippen molar-refractivity contribution in [2.45, 2.75) is 57.7 Å². The maximum atomic E-state index is 4.64. The van der Waals surface area contributed by atoms with E-state index in [4.69, 9.17) is 0 Å². The molecule has 0 aliphatic heterocycles. The van der Waals surface area contributed by atoms with Crippen LogP contribution < -0.4 is 10.2 Å². The molecule has 2 aliphatic rings. The minimum absolute atomic E-state index is 0.750. The fraction of sp³-hybridized carbons (Fsp3) is 0.667. The van der Waals surface area contributed by atoms with E-state index in [1.165, 1.54) is 43.5 Å². The van der Waals surface area contributed by atoms with Gasteiger partial charge in [0.05, 0.1) is 0 Å². The zero-order chi connectivity index (χ0) is 12.4. The largest absolute Gasteiger partial charge is 0.353 e. The van der Waals surface area contributed by atoms with E-state index < -0.39 is 0 Å². The summed E-state index contributed by atoms with van der Waals surface area (Å²) in [6.45, 7) is 4.36. The minimum atomic E-state index is 0.750. The van der Waals surface area contributed by atoms with Crippen LogP contribution in [0.4, 0.5) is 5.82 Å². The zero-order valence-electron chi connectivity index (χ0n) is 11.2. The summed E-state index contributed by atoms with van der Waals surface area (Å²) in [6, 6.07) is 5.80. The predicted molar refractivity (Wildman–Crippen MR) is 74.8 cm³/mol. The highest BCUT2D eigenvalue weighted by Gasteiger charge is 2.30. The highest BCUT2D eigenvalue weighted by molar-refractivity contribution is 5.48. The van der Waals surface area contributed by atoms with E-state index in [0.29, 0.717) is 0 Å². The van der Waals surface area contributed by atoms with Gasteiger partial charge in [0.15, 0.2) is 0 Å². The van der Waals surface area contributed by atoms with Crippen LogP contribution in [0.3, 0.4) is 0 Å². The number of nitrogens with zero attached hydrogens (tertiary/aromatic N) is 2. The molecule has 98 valence electrons. The lowest BCUT2D eigenvalue weighted by Crippen LogP contribution is -2.29. The monoisotopic (exact) mass is 245 g/mol. The Morgan fingerprint density at radius 2 is 2.17 bits per heavy atom. The van der Waals surface area contributed by atoms with Crippen LogP contribution in [0.25, 0.3) is 0 Å². The van der Waals surface area contributed by atoms with Gasteiger partial charge >= 0.3 is 0 Å². The second-order valence-corrected chi connectivity index (χ2v) is 5.57. The highest BCUT2D eigenvalue weighted by Crippen LogP contribution is 2.32. The molecule has 0 atom stereocenters. The molecule has 3 nitrogen and oxygen atoms in total. The molecule has 0 radical (unpaired) electrons. The van der Waals surface area contributed by atoms with Crippen LogP contribution in [0.15, 0.2) is 18.3 Å². The van der Waals surface area contributed by atoms with E-state index >= 15 is 0 Å². The first-order valence-corrected chi connectivity index (χ1v) is 7.32. The smallest absolute Gasteiger partial charge is 0.133 e. The Kier molecular flexibility index (Phi) is 3.50. The van der Waals surface area contributed by atoms with Gasteiger partial charge in [-0.15, -0.1) is 0 Å². The van der Waals surface area contributed by atoms with E-state index in [9.17, 15) is 0 Å². The number of hydrogen-bond donors (Lipinski definition) is 1. The third-order valence-electron chi connectivity index (χ3n) is 3.75. The van der Waals surface area contributed by atoms with Gasteiger partial charge in [0.1, 0.15) is 5.82 Å². The van der Waals surface area contributed by atoms with Gasteiger partial charge in [-0.05, 0) is 38.2 Å². The molecule has 3 rings (SSSR count). The minimum Gasteiger partial charge on any atom is -0.353 e. The van der Waals surface area contributed by atoms with Gasteiger partial charge in [-0.1, -0.05) is 13.0 Å². The Bertz CT molecular complexity index is 396. The number of anilines is 1. The Morgan fingerprint density at radius 3 is 2.83 bits per heavy atom. The topological polar surface area (TPSA) is 28.2 Å². The maximum absolute atomic E-state index is 4.64. The Morgan fingerprint density at radius 1 is 1.33 bits per heavy atom. The van der Waals surface area contributed by atoms with E-state index in [2.05, 4.69) is 34.3 Å². The van der Waals surface area contributed by atoms with Gasteiger partial charge in [0.25, 0.3) is 0 Å². The van der Waals surface area contributed by atoms with Crippen LogP contribution in [0.2, 0.25) is 0 Å². The van der Waals surface area contributed by atoms with Crippen molar-refractivity contribution in [2.24, 2.45) is 0 Å².